The molecule has 1 amide bonds. The Hall–Kier alpha value is -2.21. The summed E-state index contributed by atoms with van der Waals surface area (Å²) in [5, 5.41) is 6.86. The third-order valence-corrected chi connectivity index (χ3v) is 4.31. The van der Waals surface area contributed by atoms with E-state index in [9.17, 15) is 4.79 Å². The molecule has 6 heteroatoms. The van der Waals surface area contributed by atoms with Crippen LogP contribution in [0.3, 0.4) is 0 Å². The summed E-state index contributed by atoms with van der Waals surface area (Å²) in [6.07, 6.45) is 5.48. The van der Waals surface area contributed by atoms with Crippen LogP contribution in [0, 0.1) is 5.92 Å². The number of nitrogens with two attached hydrogens (primary N) is 1. The van der Waals surface area contributed by atoms with Gasteiger partial charge in [0, 0.05) is 18.0 Å². The number of aromatic nitrogens is 2. The van der Waals surface area contributed by atoms with Crippen LogP contribution in [0.4, 0.5) is 0 Å². The minimum atomic E-state index is 0.0942. The number of carbonyl (C=O) groups is 1. The Balaban J connectivity index is 1.57. The van der Waals surface area contributed by atoms with Crippen LogP contribution in [0.5, 0.6) is 0 Å². The zero-order chi connectivity index (χ0) is 16.1. The highest BCUT2D eigenvalue weighted by atomic mass is 16.5. The summed E-state index contributed by atoms with van der Waals surface area (Å²) in [4.78, 5) is 16.4. The lowest BCUT2D eigenvalue weighted by Gasteiger charge is -2.20. The number of nitrogens with one attached hydrogen (secondary N) is 1. The SMILES string of the molecule is NCc1ccc(-c2noc(CNC(=O)C3CCCCC3)n2)cc1. The second-order valence-corrected chi connectivity index (χ2v) is 5.97. The Kier molecular flexibility index (Phi) is 5.02. The highest BCUT2D eigenvalue weighted by Gasteiger charge is 2.21. The summed E-state index contributed by atoms with van der Waals surface area (Å²) in [6.45, 7) is 0.786. The lowest BCUT2D eigenvalue weighted by molar-refractivity contribution is -0.126. The van der Waals surface area contributed by atoms with Gasteiger partial charge in [-0.25, -0.2) is 0 Å². The first-order valence-electron chi connectivity index (χ1n) is 8.16. The second-order valence-electron chi connectivity index (χ2n) is 5.97. The van der Waals surface area contributed by atoms with Gasteiger partial charge in [-0.1, -0.05) is 48.7 Å². The van der Waals surface area contributed by atoms with Gasteiger partial charge in [-0.3, -0.25) is 4.79 Å². The lowest BCUT2D eigenvalue weighted by Crippen LogP contribution is -2.31. The van der Waals surface area contributed by atoms with Crippen LogP contribution < -0.4 is 11.1 Å². The number of benzene rings is 1. The van der Waals surface area contributed by atoms with Crippen LogP contribution in [-0.4, -0.2) is 16.0 Å². The highest BCUT2D eigenvalue weighted by Crippen LogP contribution is 2.23. The van der Waals surface area contributed by atoms with E-state index in [1.165, 1.54) is 6.42 Å². The van der Waals surface area contributed by atoms with Crippen LogP contribution in [0.15, 0.2) is 28.8 Å². The molecular weight excluding hydrogens is 292 g/mol. The molecule has 3 N–H and O–H groups in total. The van der Waals surface area contributed by atoms with E-state index in [0.29, 0.717) is 18.3 Å². The average molecular weight is 314 g/mol. The fourth-order valence-corrected chi connectivity index (χ4v) is 2.91. The Bertz CT molecular complexity index is 645. The summed E-state index contributed by atoms with van der Waals surface area (Å²) in [7, 11) is 0. The van der Waals surface area contributed by atoms with Crippen molar-refractivity contribution in [2.45, 2.75) is 45.2 Å². The van der Waals surface area contributed by atoms with Crippen molar-refractivity contribution >= 4 is 5.91 Å². The van der Waals surface area contributed by atoms with E-state index in [4.69, 9.17) is 10.3 Å². The van der Waals surface area contributed by atoms with Gasteiger partial charge in [0.15, 0.2) is 0 Å². The molecule has 1 aliphatic carbocycles. The normalized spacial score (nSPS) is 15.5. The maximum absolute atomic E-state index is 12.1. The van der Waals surface area contributed by atoms with E-state index >= 15 is 0 Å². The number of hydrogen-bond acceptors (Lipinski definition) is 5. The molecule has 1 aromatic carbocycles. The van der Waals surface area contributed by atoms with E-state index in [1.54, 1.807) is 0 Å². The van der Waals surface area contributed by atoms with E-state index in [0.717, 1.165) is 36.8 Å². The molecule has 0 spiro atoms. The standard InChI is InChI=1S/C17H22N4O2/c18-10-12-6-8-13(9-7-12)16-20-15(23-21-16)11-19-17(22)14-4-2-1-3-5-14/h6-9,14H,1-5,10-11,18H2,(H,19,22). The van der Waals surface area contributed by atoms with Crippen molar-refractivity contribution in [1.29, 1.82) is 0 Å². The zero-order valence-electron chi connectivity index (χ0n) is 13.1. The molecule has 0 saturated heterocycles. The predicted molar refractivity (Wildman–Crippen MR) is 86.0 cm³/mol. The molecule has 1 aliphatic rings. The van der Waals surface area contributed by atoms with Gasteiger partial charge in [-0.05, 0) is 18.4 Å². The first-order valence-corrected chi connectivity index (χ1v) is 8.16. The Morgan fingerprint density at radius 1 is 1.22 bits per heavy atom. The summed E-state index contributed by atoms with van der Waals surface area (Å²) in [6, 6.07) is 7.71. The van der Waals surface area contributed by atoms with Gasteiger partial charge in [0.2, 0.25) is 17.6 Å². The van der Waals surface area contributed by atoms with Gasteiger partial charge in [0.25, 0.3) is 0 Å². The monoisotopic (exact) mass is 314 g/mol. The van der Waals surface area contributed by atoms with Gasteiger partial charge in [-0.15, -0.1) is 0 Å². The number of carbonyl (C=O) groups excluding carboxylic acids is 1. The molecule has 23 heavy (non-hydrogen) atoms. The molecule has 1 heterocycles. The van der Waals surface area contributed by atoms with E-state index < -0.39 is 0 Å². The Morgan fingerprint density at radius 3 is 2.65 bits per heavy atom. The molecule has 3 rings (SSSR count). The number of hydrogen-bond donors (Lipinski definition) is 2. The summed E-state index contributed by atoms with van der Waals surface area (Å²) in [5.74, 6) is 1.18. The Morgan fingerprint density at radius 2 is 1.96 bits per heavy atom. The highest BCUT2D eigenvalue weighted by molar-refractivity contribution is 5.78. The van der Waals surface area contributed by atoms with Crippen molar-refractivity contribution in [2.24, 2.45) is 11.7 Å². The van der Waals surface area contributed by atoms with Crippen molar-refractivity contribution in [3.05, 3.63) is 35.7 Å². The lowest BCUT2D eigenvalue weighted by atomic mass is 9.89. The number of nitrogens with zero attached hydrogens (tertiary/aromatic N) is 2. The molecule has 0 atom stereocenters. The van der Waals surface area contributed by atoms with Gasteiger partial charge >= 0.3 is 0 Å². The summed E-state index contributed by atoms with van der Waals surface area (Å²) < 4.78 is 5.21. The maximum atomic E-state index is 12.1. The average Bonchev–Trinajstić information content (AvgIpc) is 3.09. The molecule has 0 bridgehead atoms. The van der Waals surface area contributed by atoms with E-state index in [1.807, 2.05) is 24.3 Å². The molecule has 1 saturated carbocycles. The van der Waals surface area contributed by atoms with Crippen LogP contribution in [0.2, 0.25) is 0 Å². The van der Waals surface area contributed by atoms with Crippen molar-refractivity contribution in [3.8, 4) is 11.4 Å². The topological polar surface area (TPSA) is 94.0 Å². The zero-order valence-corrected chi connectivity index (χ0v) is 13.1. The third kappa shape index (κ3) is 3.96. The minimum absolute atomic E-state index is 0.0942. The molecule has 0 unspecified atom stereocenters. The van der Waals surface area contributed by atoms with Crippen molar-refractivity contribution in [3.63, 3.8) is 0 Å². The predicted octanol–water partition coefficient (Wildman–Crippen LogP) is 2.39. The van der Waals surface area contributed by atoms with Gasteiger partial charge < -0.3 is 15.6 Å². The van der Waals surface area contributed by atoms with Crippen LogP contribution in [-0.2, 0) is 17.9 Å². The molecule has 122 valence electrons. The van der Waals surface area contributed by atoms with Crippen molar-refractivity contribution in [1.82, 2.24) is 15.5 Å². The molecular formula is C17H22N4O2. The van der Waals surface area contributed by atoms with E-state index in [2.05, 4.69) is 15.5 Å². The van der Waals surface area contributed by atoms with Crippen molar-refractivity contribution in [2.75, 3.05) is 0 Å². The molecule has 0 aliphatic heterocycles. The fraction of sp³-hybridized carbons (Fsp3) is 0.471. The first-order chi connectivity index (χ1) is 11.3. The van der Waals surface area contributed by atoms with E-state index in [-0.39, 0.29) is 18.4 Å². The molecule has 1 fully saturated rings. The number of amides is 1. The largest absolute Gasteiger partial charge is 0.347 e. The minimum Gasteiger partial charge on any atom is -0.347 e. The molecule has 6 nitrogen and oxygen atoms in total. The third-order valence-electron chi connectivity index (χ3n) is 4.31. The number of rotatable bonds is 5. The summed E-state index contributed by atoms with van der Waals surface area (Å²) in [5.41, 5.74) is 7.51. The van der Waals surface area contributed by atoms with Crippen molar-refractivity contribution < 1.29 is 9.32 Å². The van der Waals surface area contributed by atoms with Crippen LogP contribution in [0.25, 0.3) is 11.4 Å². The van der Waals surface area contributed by atoms with Gasteiger partial charge in [-0.2, -0.15) is 4.98 Å². The molecule has 2 aromatic rings. The fourth-order valence-electron chi connectivity index (χ4n) is 2.91. The summed E-state index contributed by atoms with van der Waals surface area (Å²) >= 11 is 0. The van der Waals surface area contributed by atoms with Crippen LogP contribution >= 0.6 is 0 Å². The van der Waals surface area contributed by atoms with Crippen LogP contribution in [0.1, 0.15) is 43.6 Å². The van der Waals surface area contributed by atoms with Gasteiger partial charge in [0.1, 0.15) is 0 Å². The first kappa shape index (κ1) is 15.7. The second kappa shape index (κ2) is 7.37. The smallest absolute Gasteiger partial charge is 0.246 e. The molecule has 0 radical (unpaired) electrons. The molecule has 1 aromatic heterocycles. The quantitative estimate of drug-likeness (QED) is 0.883. The maximum Gasteiger partial charge on any atom is 0.246 e. The van der Waals surface area contributed by atoms with Gasteiger partial charge in [0.05, 0.1) is 6.54 Å². The Labute approximate surface area is 135 Å².